The normalized spacial score (nSPS) is 17.5. The molecular formula is C17H29NO3S. The number of carbonyl (C=O) groups excluding carboxylic acids is 1. The summed E-state index contributed by atoms with van der Waals surface area (Å²) >= 11 is 1.59. The van der Waals surface area contributed by atoms with Crippen LogP contribution >= 0.6 is 11.3 Å². The van der Waals surface area contributed by atoms with E-state index in [1.807, 2.05) is 53.0 Å². The second-order valence-corrected chi connectivity index (χ2v) is 7.35. The lowest BCUT2D eigenvalue weighted by Crippen LogP contribution is -2.46. The van der Waals surface area contributed by atoms with Crippen LogP contribution in [0.2, 0.25) is 0 Å². The smallest absolute Gasteiger partial charge is 0.410 e. The Morgan fingerprint density at radius 1 is 1.32 bits per heavy atom. The number of ether oxygens (including phenoxy) is 1. The molecule has 0 aromatic carbocycles. The van der Waals surface area contributed by atoms with Crippen molar-refractivity contribution in [1.82, 2.24) is 4.90 Å². The summed E-state index contributed by atoms with van der Waals surface area (Å²) in [6.45, 7) is 12.7. The molecule has 1 amide bonds. The van der Waals surface area contributed by atoms with Crippen molar-refractivity contribution in [2.24, 2.45) is 0 Å². The van der Waals surface area contributed by atoms with E-state index in [4.69, 9.17) is 4.74 Å². The average molecular weight is 327 g/mol. The van der Waals surface area contributed by atoms with Gasteiger partial charge in [-0.1, -0.05) is 13.8 Å². The summed E-state index contributed by atoms with van der Waals surface area (Å²) in [6.07, 6.45) is 0.837. The summed E-state index contributed by atoms with van der Waals surface area (Å²) in [5, 5.41) is 12.8. The molecule has 126 valence electrons. The number of likely N-dealkylation sites (tertiary alicyclic amines) is 1. The van der Waals surface area contributed by atoms with Gasteiger partial charge in [0.25, 0.3) is 0 Å². The highest BCUT2D eigenvalue weighted by Crippen LogP contribution is 2.37. The van der Waals surface area contributed by atoms with Crippen molar-refractivity contribution in [2.75, 3.05) is 13.1 Å². The average Bonchev–Trinajstić information content (AvgIpc) is 2.87. The number of rotatable bonds is 1. The predicted octanol–water partition coefficient (Wildman–Crippen LogP) is 4.30. The molecular weight excluding hydrogens is 298 g/mol. The predicted molar refractivity (Wildman–Crippen MR) is 91.3 cm³/mol. The molecule has 2 heterocycles. The lowest BCUT2D eigenvalue weighted by atomic mass is 9.88. The number of hydrogen-bond acceptors (Lipinski definition) is 4. The molecule has 1 saturated heterocycles. The number of thiophene rings is 1. The van der Waals surface area contributed by atoms with E-state index < -0.39 is 11.2 Å². The number of hydrogen-bond donors (Lipinski definition) is 1. The van der Waals surface area contributed by atoms with Crippen LogP contribution in [0.3, 0.4) is 0 Å². The second kappa shape index (κ2) is 7.47. The Kier molecular flexibility index (Phi) is 6.44. The van der Waals surface area contributed by atoms with Gasteiger partial charge in [-0.25, -0.2) is 4.79 Å². The van der Waals surface area contributed by atoms with E-state index in [1.165, 1.54) is 0 Å². The molecule has 0 atom stereocenters. The summed E-state index contributed by atoms with van der Waals surface area (Å²) in [7, 11) is 0. The molecule has 1 aromatic heterocycles. The van der Waals surface area contributed by atoms with Gasteiger partial charge in [-0.05, 0) is 57.5 Å². The second-order valence-electron chi connectivity index (χ2n) is 6.43. The molecule has 0 spiro atoms. The van der Waals surface area contributed by atoms with Crippen molar-refractivity contribution in [3.8, 4) is 0 Å². The fourth-order valence-electron chi connectivity index (χ4n) is 2.46. The highest BCUT2D eigenvalue weighted by Gasteiger charge is 2.38. The van der Waals surface area contributed by atoms with Crippen molar-refractivity contribution in [2.45, 2.75) is 65.6 Å². The fourth-order valence-corrected chi connectivity index (χ4v) is 3.55. The number of nitrogens with zero attached hydrogens (tertiary/aromatic N) is 1. The first-order valence-electron chi connectivity index (χ1n) is 7.96. The van der Waals surface area contributed by atoms with Crippen molar-refractivity contribution in [3.05, 3.63) is 21.9 Å². The topological polar surface area (TPSA) is 49.8 Å². The van der Waals surface area contributed by atoms with Crippen LogP contribution in [0.5, 0.6) is 0 Å². The van der Waals surface area contributed by atoms with Gasteiger partial charge in [-0.2, -0.15) is 0 Å². The molecule has 1 fully saturated rings. The highest BCUT2D eigenvalue weighted by molar-refractivity contribution is 7.10. The largest absolute Gasteiger partial charge is 0.444 e. The third kappa shape index (κ3) is 4.71. The molecule has 0 aliphatic carbocycles. The maximum absolute atomic E-state index is 12.0. The van der Waals surface area contributed by atoms with Gasteiger partial charge >= 0.3 is 6.09 Å². The zero-order valence-corrected chi connectivity index (χ0v) is 15.4. The van der Waals surface area contributed by atoms with Crippen LogP contribution in [-0.2, 0) is 10.3 Å². The standard InChI is InChI=1S/C15H23NO3S.C2H6/c1-11-5-10-20-12(11)15(18)6-8-16(9-7-15)13(17)19-14(2,3)4;1-2/h5,10,18H,6-9H2,1-4H3;1-2H3. The minimum Gasteiger partial charge on any atom is -0.444 e. The van der Waals surface area contributed by atoms with Crippen LogP contribution in [0.1, 0.15) is 57.9 Å². The van der Waals surface area contributed by atoms with Crippen LogP contribution in [0.25, 0.3) is 0 Å². The minimum atomic E-state index is -0.795. The lowest BCUT2D eigenvalue weighted by molar-refractivity contribution is -0.0337. The Morgan fingerprint density at radius 3 is 2.27 bits per heavy atom. The van der Waals surface area contributed by atoms with Gasteiger partial charge in [0.05, 0.1) is 0 Å². The number of carbonyl (C=O) groups is 1. The first kappa shape index (κ1) is 19.0. The van der Waals surface area contributed by atoms with E-state index in [0.29, 0.717) is 25.9 Å². The van der Waals surface area contributed by atoms with Gasteiger partial charge in [-0.15, -0.1) is 11.3 Å². The van der Waals surface area contributed by atoms with E-state index in [0.717, 1.165) is 10.4 Å². The Balaban J connectivity index is 0.00000116. The monoisotopic (exact) mass is 327 g/mol. The van der Waals surface area contributed by atoms with E-state index in [2.05, 4.69) is 0 Å². The summed E-state index contributed by atoms with van der Waals surface area (Å²) in [5.74, 6) is 0. The minimum absolute atomic E-state index is 0.289. The quantitative estimate of drug-likeness (QED) is 0.836. The molecule has 1 N–H and O–H groups in total. The number of aryl methyl sites for hydroxylation is 1. The van der Waals surface area contributed by atoms with Crippen molar-refractivity contribution >= 4 is 17.4 Å². The molecule has 1 aliphatic heterocycles. The lowest BCUT2D eigenvalue weighted by Gasteiger charge is -2.38. The molecule has 1 aromatic rings. The Morgan fingerprint density at radius 2 is 1.86 bits per heavy atom. The summed E-state index contributed by atoms with van der Waals surface area (Å²) in [4.78, 5) is 14.7. The van der Waals surface area contributed by atoms with E-state index >= 15 is 0 Å². The van der Waals surface area contributed by atoms with Gasteiger partial charge < -0.3 is 14.7 Å². The SMILES string of the molecule is CC.Cc1ccsc1C1(O)CCN(C(=O)OC(C)(C)C)CC1. The molecule has 5 heteroatoms. The number of piperidine rings is 1. The molecule has 0 saturated carbocycles. The van der Waals surface area contributed by atoms with Gasteiger partial charge in [0.2, 0.25) is 0 Å². The summed E-state index contributed by atoms with van der Waals surface area (Å²) in [6, 6.07) is 2.03. The molecule has 2 rings (SSSR count). The third-order valence-corrected chi connectivity index (χ3v) is 4.74. The Bertz CT molecular complexity index is 482. The molecule has 0 radical (unpaired) electrons. The van der Waals surface area contributed by atoms with Crippen LogP contribution in [0, 0.1) is 6.92 Å². The maximum Gasteiger partial charge on any atom is 0.410 e. The molecule has 22 heavy (non-hydrogen) atoms. The molecule has 0 unspecified atom stereocenters. The van der Waals surface area contributed by atoms with Crippen LogP contribution < -0.4 is 0 Å². The van der Waals surface area contributed by atoms with Crippen LogP contribution in [-0.4, -0.2) is 34.8 Å². The van der Waals surface area contributed by atoms with Gasteiger partial charge in [0.15, 0.2) is 0 Å². The first-order chi connectivity index (χ1) is 10.2. The van der Waals surface area contributed by atoms with E-state index in [-0.39, 0.29) is 6.09 Å². The maximum atomic E-state index is 12.0. The van der Waals surface area contributed by atoms with Crippen molar-refractivity contribution in [3.63, 3.8) is 0 Å². The third-order valence-electron chi connectivity index (χ3n) is 3.53. The van der Waals surface area contributed by atoms with Crippen LogP contribution in [0.15, 0.2) is 11.4 Å². The van der Waals surface area contributed by atoms with Gasteiger partial charge in [-0.3, -0.25) is 0 Å². The number of aliphatic hydroxyl groups is 1. The van der Waals surface area contributed by atoms with E-state index in [9.17, 15) is 9.90 Å². The highest BCUT2D eigenvalue weighted by atomic mass is 32.1. The van der Waals surface area contributed by atoms with Crippen molar-refractivity contribution in [1.29, 1.82) is 0 Å². The zero-order chi connectivity index (χ0) is 17.0. The molecule has 0 bridgehead atoms. The summed E-state index contributed by atoms with van der Waals surface area (Å²) in [5.41, 5.74) is -0.144. The first-order valence-corrected chi connectivity index (χ1v) is 8.84. The van der Waals surface area contributed by atoms with Crippen molar-refractivity contribution < 1.29 is 14.6 Å². The zero-order valence-electron chi connectivity index (χ0n) is 14.6. The van der Waals surface area contributed by atoms with Crippen LogP contribution in [0.4, 0.5) is 4.79 Å². The Hall–Kier alpha value is -1.07. The fraction of sp³-hybridized carbons (Fsp3) is 0.706. The Labute approximate surface area is 138 Å². The number of amides is 1. The molecule has 1 aliphatic rings. The van der Waals surface area contributed by atoms with Gasteiger partial charge in [0.1, 0.15) is 11.2 Å². The molecule has 4 nitrogen and oxygen atoms in total. The summed E-state index contributed by atoms with van der Waals surface area (Å²) < 4.78 is 5.37. The van der Waals surface area contributed by atoms with E-state index in [1.54, 1.807) is 16.2 Å². The van der Waals surface area contributed by atoms with Gasteiger partial charge in [0, 0.05) is 18.0 Å².